The second-order valence-corrected chi connectivity index (χ2v) is 8.04. The van der Waals surface area contributed by atoms with Crippen molar-refractivity contribution in [3.05, 3.63) is 42.5 Å². The highest BCUT2D eigenvalue weighted by atomic mass is 32.3. The summed E-state index contributed by atoms with van der Waals surface area (Å²) >= 11 is 0. The summed E-state index contributed by atoms with van der Waals surface area (Å²) in [5.41, 5.74) is 6.27. The third kappa shape index (κ3) is 3.93. The summed E-state index contributed by atoms with van der Waals surface area (Å²) in [6.45, 7) is -0.416. The molecule has 31 heavy (non-hydrogen) atoms. The Hall–Kier alpha value is -3.20. The third-order valence-electron chi connectivity index (χ3n) is 4.75. The van der Waals surface area contributed by atoms with Crippen LogP contribution < -0.4 is 5.73 Å². The molecular formula is C17H16FN5O7S. The first-order valence-electron chi connectivity index (χ1n) is 8.83. The van der Waals surface area contributed by atoms with Gasteiger partial charge in [0.1, 0.15) is 36.8 Å². The number of halogens is 1. The highest BCUT2D eigenvalue weighted by molar-refractivity contribution is 7.86. The molecule has 1 aliphatic heterocycles. The molecule has 3 aromatic rings. The van der Waals surface area contributed by atoms with Crippen molar-refractivity contribution in [3.8, 4) is 0 Å². The van der Waals surface area contributed by atoms with E-state index in [-0.39, 0.29) is 17.0 Å². The number of aliphatic hydroxyl groups is 2. The number of aromatic nitrogens is 4. The van der Waals surface area contributed by atoms with E-state index in [9.17, 15) is 27.3 Å². The molecule has 1 fully saturated rings. The number of carbonyl (C=O) groups excluding carboxylic acids is 1. The monoisotopic (exact) mass is 453 g/mol. The maximum Gasteiger partial charge on any atom is 0.338 e. The number of imidazole rings is 1. The Morgan fingerprint density at radius 1 is 1.19 bits per heavy atom. The SMILES string of the molecule is Nc1ncnc2c1ncn2C1O[C@H](COC(=O)c2ccc(S(=O)(=O)F)cc2)[C@@H](O)[C@H]1O. The zero-order chi connectivity index (χ0) is 22.3. The van der Waals surface area contributed by atoms with Crippen LogP contribution in [-0.2, 0) is 19.7 Å². The number of anilines is 1. The largest absolute Gasteiger partial charge is 0.459 e. The van der Waals surface area contributed by atoms with Crippen molar-refractivity contribution in [3.63, 3.8) is 0 Å². The number of fused-ring (bicyclic) bond motifs is 1. The van der Waals surface area contributed by atoms with Crippen molar-refractivity contribution in [2.45, 2.75) is 29.4 Å². The summed E-state index contributed by atoms with van der Waals surface area (Å²) in [4.78, 5) is 23.5. The number of carbonyl (C=O) groups is 1. The molecule has 0 bridgehead atoms. The molecule has 1 aromatic carbocycles. The Kier molecular flexibility index (Phi) is 5.30. The minimum Gasteiger partial charge on any atom is -0.459 e. The lowest BCUT2D eigenvalue weighted by Crippen LogP contribution is -2.34. The highest BCUT2D eigenvalue weighted by Crippen LogP contribution is 2.32. The molecule has 4 rings (SSSR count). The number of aliphatic hydroxyl groups excluding tert-OH is 2. The van der Waals surface area contributed by atoms with E-state index in [0.29, 0.717) is 5.52 Å². The summed E-state index contributed by atoms with van der Waals surface area (Å²) in [5, 5.41) is 20.7. The van der Waals surface area contributed by atoms with E-state index >= 15 is 0 Å². The number of ether oxygens (including phenoxy) is 2. The number of hydrogen-bond donors (Lipinski definition) is 3. The smallest absolute Gasteiger partial charge is 0.338 e. The number of hydrogen-bond acceptors (Lipinski definition) is 11. The summed E-state index contributed by atoms with van der Waals surface area (Å²) in [5.74, 6) is -0.723. The maximum atomic E-state index is 12.9. The van der Waals surface area contributed by atoms with Gasteiger partial charge in [0.25, 0.3) is 0 Å². The molecule has 12 nitrogen and oxygen atoms in total. The first-order chi connectivity index (χ1) is 14.7. The van der Waals surface area contributed by atoms with Crippen molar-refractivity contribution in [1.82, 2.24) is 19.5 Å². The Morgan fingerprint density at radius 2 is 1.90 bits per heavy atom. The zero-order valence-electron chi connectivity index (χ0n) is 15.6. The van der Waals surface area contributed by atoms with Crippen LogP contribution in [0.25, 0.3) is 11.2 Å². The van der Waals surface area contributed by atoms with Gasteiger partial charge in [-0.1, -0.05) is 0 Å². The van der Waals surface area contributed by atoms with Crippen LogP contribution in [0.4, 0.5) is 9.70 Å². The van der Waals surface area contributed by atoms with Crippen molar-refractivity contribution in [2.24, 2.45) is 0 Å². The molecule has 4 atom stereocenters. The van der Waals surface area contributed by atoms with E-state index < -0.39 is 52.2 Å². The number of benzene rings is 1. The third-order valence-corrected chi connectivity index (χ3v) is 5.58. The summed E-state index contributed by atoms with van der Waals surface area (Å²) in [7, 11) is -4.89. The topological polar surface area (TPSA) is 180 Å². The molecule has 1 saturated heterocycles. The molecule has 0 saturated carbocycles. The number of nitrogens with zero attached hydrogens (tertiary/aromatic N) is 4. The van der Waals surface area contributed by atoms with Gasteiger partial charge < -0.3 is 25.4 Å². The standard InChI is InChI=1S/C17H16FN5O7S/c18-31(27,28)9-3-1-8(2-4-9)17(26)29-5-10-12(24)13(25)16(30-10)23-7-22-11-14(19)20-6-21-15(11)23/h1-4,6-7,10,12-13,16,24-25H,5H2,(H2,19,20,21)/t10-,12-,13-,16?/m1/s1. The molecule has 0 radical (unpaired) electrons. The molecule has 1 aliphatic rings. The molecule has 14 heteroatoms. The number of esters is 1. The fourth-order valence-corrected chi connectivity index (χ4v) is 3.61. The van der Waals surface area contributed by atoms with Crippen LogP contribution in [0.5, 0.6) is 0 Å². The molecule has 1 unspecified atom stereocenters. The molecule has 0 spiro atoms. The van der Waals surface area contributed by atoms with E-state index in [0.717, 1.165) is 24.3 Å². The predicted octanol–water partition coefficient (Wildman–Crippen LogP) is -0.457. The second-order valence-electron chi connectivity index (χ2n) is 6.69. The van der Waals surface area contributed by atoms with Gasteiger partial charge in [-0.05, 0) is 24.3 Å². The van der Waals surface area contributed by atoms with Gasteiger partial charge >= 0.3 is 16.2 Å². The van der Waals surface area contributed by atoms with Crippen molar-refractivity contribution in [1.29, 1.82) is 0 Å². The van der Waals surface area contributed by atoms with Gasteiger partial charge in [0.15, 0.2) is 17.7 Å². The first-order valence-corrected chi connectivity index (χ1v) is 10.2. The van der Waals surface area contributed by atoms with Gasteiger partial charge in [-0.3, -0.25) is 4.57 Å². The van der Waals surface area contributed by atoms with Gasteiger partial charge in [-0.25, -0.2) is 19.7 Å². The Balaban J connectivity index is 1.45. The summed E-state index contributed by atoms with van der Waals surface area (Å²) in [6.07, 6.45) is -2.39. The van der Waals surface area contributed by atoms with Crippen molar-refractivity contribution >= 4 is 33.2 Å². The quantitative estimate of drug-likeness (QED) is 0.336. The lowest BCUT2D eigenvalue weighted by molar-refractivity contribution is -0.0565. The van der Waals surface area contributed by atoms with Gasteiger partial charge in [0.05, 0.1) is 16.8 Å². The Bertz CT molecular complexity index is 1230. The molecule has 3 heterocycles. The first kappa shape index (κ1) is 21.0. The minimum absolute atomic E-state index is 0.0373. The lowest BCUT2D eigenvalue weighted by Gasteiger charge is -2.16. The fourth-order valence-electron chi connectivity index (χ4n) is 3.15. The molecule has 4 N–H and O–H groups in total. The van der Waals surface area contributed by atoms with Crippen LogP contribution in [0.3, 0.4) is 0 Å². The Morgan fingerprint density at radius 3 is 2.58 bits per heavy atom. The molecule has 164 valence electrons. The summed E-state index contributed by atoms with van der Waals surface area (Å²) < 4.78 is 46.7. The van der Waals surface area contributed by atoms with E-state index in [4.69, 9.17) is 15.2 Å². The van der Waals surface area contributed by atoms with E-state index in [1.165, 1.54) is 17.2 Å². The van der Waals surface area contributed by atoms with Crippen molar-refractivity contribution in [2.75, 3.05) is 12.3 Å². The second kappa shape index (κ2) is 7.81. The van der Waals surface area contributed by atoms with Gasteiger partial charge in [0.2, 0.25) is 0 Å². The van der Waals surface area contributed by atoms with E-state index in [2.05, 4.69) is 15.0 Å². The van der Waals surface area contributed by atoms with Crippen LogP contribution in [0, 0.1) is 0 Å². The number of nitrogens with two attached hydrogens (primary N) is 1. The fraction of sp³-hybridized carbons (Fsp3) is 0.294. The minimum atomic E-state index is -4.89. The summed E-state index contributed by atoms with van der Waals surface area (Å²) in [6, 6.07) is 4.01. The highest BCUT2D eigenvalue weighted by Gasteiger charge is 2.45. The molecule has 0 aliphatic carbocycles. The average Bonchev–Trinajstić information content (AvgIpc) is 3.28. The van der Waals surface area contributed by atoms with Crippen LogP contribution in [-0.4, -0.2) is 69.0 Å². The lowest BCUT2D eigenvalue weighted by atomic mass is 10.1. The molecule has 2 aromatic heterocycles. The maximum absolute atomic E-state index is 12.9. The van der Waals surface area contributed by atoms with Crippen LogP contribution >= 0.6 is 0 Å². The molecule has 0 amide bonds. The van der Waals surface area contributed by atoms with Gasteiger partial charge in [0, 0.05) is 0 Å². The van der Waals surface area contributed by atoms with Crippen LogP contribution in [0.2, 0.25) is 0 Å². The predicted molar refractivity (Wildman–Crippen MR) is 101 cm³/mol. The van der Waals surface area contributed by atoms with E-state index in [1.807, 2.05) is 0 Å². The van der Waals surface area contributed by atoms with Crippen LogP contribution in [0.1, 0.15) is 16.6 Å². The van der Waals surface area contributed by atoms with Gasteiger partial charge in [-0.15, -0.1) is 3.89 Å². The zero-order valence-corrected chi connectivity index (χ0v) is 16.4. The average molecular weight is 453 g/mol. The van der Waals surface area contributed by atoms with Gasteiger partial charge in [-0.2, -0.15) is 8.42 Å². The Labute approximate surface area is 174 Å². The van der Waals surface area contributed by atoms with Crippen molar-refractivity contribution < 1.29 is 36.8 Å². The van der Waals surface area contributed by atoms with E-state index in [1.54, 1.807) is 0 Å². The number of rotatable bonds is 5. The number of nitrogen functional groups attached to an aromatic ring is 1. The normalized spacial score (nSPS) is 23.8. The van der Waals surface area contributed by atoms with Crippen LogP contribution in [0.15, 0.2) is 41.8 Å². The molecular weight excluding hydrogens is 437 g/mol.